The second-order valence-corrected chi connectivity index (χ2v) is 7.96. The van der Waals surface area contributed by atoms with Crippen LogP contribution in [0.15, 0.2) is 59.5 Å². The van der Waals surface area contributed by atoms with Gasteiger partial charge in [0, 0.05) is 11.6 Å². The van der Waals surface area contributed by atoms with Gasteiger partial charge in [0.2, 0.25) is 10.0 Å². The fourth-order valence-corrected chi connectivity index (χ4v) is 3.44. The Hall–Kier alpha value is -3.24. The first-order chi connectivity index (χ1) is 13.7. The van der Waals surface area contributed by atoms with Crippen molar-refractivity contribution < 1.29 is 27.5 Å². The molecule has 2 aromatic rings. The van der Waals surface area contributed by atoms with Gasteiger partial charge in [-0.3, -0.25) is 20.4 Å². The lowest BCUT2D eigenvalue weighted by molar-refractivity contribution is -0.125. The summed E-state index contributed by atoms with van der Waals surface area (Å²) in [6, 6.07) is 13.1. The highest BCUT2D eigenvalue weighted by atomic mass is 32.2. The third kappa shape index (κ3) is 6.70. The molecular weight excluding hydrogens is 398 g/mol. The molecule has 154 valence electrons. The van der Waals surface area contributed by atoms with Crippen LogP contribution in [0.3, 0.4) is 0 Å². The minimum atomic E-state index is -3.67. The van der Waals surface area contributed by atoms with Crippen LogP contribution in [-0.4, -0.2) is 38.9 Å². The van der Waals surface area contributed by atoms with Crippen LogP contribution in [0, 0.1) is 0 Å². The molecule has 3 N–H and O–H groups in total. The average Bonchev–Trinajstić information content (AvgIpc) is 2.70. The van der Waals surface area contributed by atoms with Gasteiger partial charge in [-0.05, 0) is 50.2 Å². The van der Waals surface area contributed by atoms with Gasteiger partial charge in [-0.15, -0.1) is 0 Å². The summed E-state index contributed by atoms with van der Waals surface area (Å²) in [5.74, 6) is -2.06. The fourth-order valence-electron chi connectivity index (χ4n) is 2.19. The number of hydrogen-bond acceptors (Lipinski definition) is 6. The zero-order chi connectivity index (χ0) is 21.4. The number of carbonyl (C=O) groups is 3. The molecule has 2 rings (SSSR count). The molecule has 0 aliphatic rings. The SMILES string of the molecule is CC(C)NS(=O)(=O)c1ccc(C(=O)OCC(=O)NNC(=O)c2ccccc2)cc1. The van der Waals surface area contributed by atoms with E-state index in [0.717, 1.165) is 0 Å². The monoisotopic (exact) mass is 419 g/mol. The van der Waals surface area contributed by atoms with Crippen LogP contribution in [0.25, 0.3) is 0 Å². The normalized spacial score (nSPS) is 11.0. The maximum absolute atomic E-state index is 12.1. The molecule has 0 unspecified atom stereocenters. The number of nitrogens with one attached hydrogen (secondary N) is 3. The quantitative estimate of drug-likeness (QED) is 0.453. The molecule has 0 fully saturated rings. The van der Waals surface area contributed by atoms with E-state index in [2.05, 4.69) is 15.6 Å². The van der Waals surface area contributed by atoms with Gasteiger partial charge in [-0.1, -0.05) is 18.2 Å². The van der Waals surface area contributed by atoms with Crippen LogP contribution in [0.1, 0.15) is 34.6 Å². The molecule has 0 aliphatic heterocycles. The number of hydrazine groups is 1. The van der Waals surface area contributed by atoms with Gasteiger partial charge >= 0.3 is 5.97 Å². The number of benzene rings is 2. The molecule has 0 bridgehead atoms. The third-order valence-corrected chi connectivity index (χ3v) is 5.15. The van der Waals surface area contributed by atoms with Crippen molar-refractivity contribution in [3.05, 3.63) is 65.7 Å². The van der Waals surface area contributed by atoms with Gasteiger partial charge in [0.1, 0.15) is 0 Å². The van der Waals surface area contributed by atoms with Gasteiger partial charge in [0.25, 0.3) is 11.8 Å². The standard InChI is InChI=1S/C19H21N3O6S/c1-13(2)22-29(26,27)16-10-8-15(9-11-16)19(25)28-12-17(23)20-21-18(24)14-6-4-3-5-7-14/h3-11,13,22H,12H2,1-2H3,(H,20,23)(H,21,24). The Bertz CT molecular complexity index is 973. The molecule has 0 aromatic heterocycles. The van der Waals surface area contributed by atoms with Crippen molar-refractivity contribution in [1.82, 2.24) is 15.6 Å². The second kappa shape index (κ2) is 9.80. The molecule has 10 heteroatoms. The smallest absolute Gasteiger partial charge is 0.338 e. The lowest BCUT2D eigenvalue weighted by Gasteiger charge is -2.10. The predicted molar refractivity (Wildman–Crippen MR) is 104 cm³/mol. The number of sulfonamides is 1. The largest absolute Gasteiger partial charge is 0.452 e. The van der Waals surface area contributed by atoms with Crippen molar-refractivity contribution in [1.29, 1.82) is 0 Å². The van der Waals surface area contributed by atoms with E-state index in [4.69, 9.17) is 4.74 Å². The molecule has 0 radical (unpaired) electrons. The topological polar surface area (TPSA) is 131 Å². The number of hydrogen-bond donors (Lipinski definition) is 3. The van der Waals surface area contributed by atoms with Gasteiger partial charge in [0.05, 0.1) is 10.5 Å². The molecule has 9 nitrogen and oxygen atoms in total. The summed E-state index contributed by atoms with van der Waals surface area (Å²) in [5.41, 5.74) is 4.76. The van der Waals surface area contributed by atoms with Crippen LogP contribution in [0.4, 0.5) is 0 Å². The first-order valence-corrected chi connectivity index (χ1v) is 10.1. The molecule has 2 amide bonds. The molecule has 0 heterocycles. The summed E-state index contributed by atoms with van der Waals surface area (Å²) in [4.78, 5) is 35.5. The van der Waals surface area contributed by atoms with E-state index in [9.17, 15) is 22.8 Å². The van der Waals surface area contributed by atoms with Crippen molar-refractivity contribution in [2.45, 2.75) is 24.8 Å². The van der Waals surface area contributed by atoms with E-state index in [1.807, 2.05) is 0 Å². The Morgan fingerprint density at radius 3 is 2.10 bits per heavy atom. The highest BCUT2D eigenvalue weighted by Crippen LogP contribution is 2.12. The van der Waals surface area contributed by atoms with Gasteiger partial charge in [-0.2, -0.15) is 0 Å². The molecule has 29 heavy (non-hydrogen) atoms. The van der Waals surface area contributed by atoms with Crippen LogP contribution < -0.4 is 15.6 Å². The maximum Gasteiger partial charge on any atom is 0.338 e. The summed E-state index contributed by atoms with van der Waals surface area (Å²) in [7, 11) is -3.67. The zero-order valence-electron chi connectivity index (χ0n) is 15.8. The first-order valence-electron chi connectivity index (χ1n) is 8.63. The average molecular weight is 419 g/mol. The molecule has 0 aliphatic carbocycles. The number of rotatable bonds is 7. The van der Waals surface area contributed by atoms with E-state index >= 15 is 0 Å². The van der Waals surface area contributed by atoms with E-state index in [0.29, 0.717) is 5.56 Å². The lowest BCUT2D eigenvalue weighted by atomic mass is 10.2. The highest BCUT2D eigenvalue weighted by Gasteiger charge is 2.17. The van der Waals surface area contributed by atoms with Crippen LogP contribution >= 0.6 is 0 Å². The van der Waals surface area contributed by atoms with Crippen LogP contribution in [0.2, 0.25) is 0 Å². The number of esters is 1. The van der Waals surface area contributed by atoms with E-state index in [1.165, 1.54) is 24.3 Å². The van der Waals surface area contributed by atoms with Crippen LogP contribution in [0.5, 0.6) is 0 Å². The zero-order valence-corrected chi connectivity index (χ0v) is 16.7. The lowest BCUT2D eigenvalue weighted by Crippen LogP contribution is -2.43. The summed E-state index contributed by atoms with van der Waals surface area (Å²) in [5, 5.41) is 0. The maximum atomic E-state index is 12.1. The Balaban J connectivity index is 1.84. The fraction of sp³-hybridized carbons (Fsp3) is 0.211. The minimum Gasteiger partial charge on any atom is -0.452 e. The highest BCUT2D eigenvalue weighted by molar-refractivity contribution is 7.89. The Kier molecular flexibility index (Phi) is 7.46. The summed E-state index contributed by atoms with van der Waals surface area (Å²) in [6.45, 7) is 2.76. The predicted octanol–water partition coefficient (Wildman–Crippen LogP) is 0.991. The van der Waals surface area contributed by atoms with Crippen molar-refractivity contribution >= 4 is 27.8 Å². The summed E-state index contributed by atoms with van der Waals surface area (Å²) >= 11 is 0. The van der Waals surface area contributed by atoms with Crippen molar-refractivity contribution in [2.24, 2.45) is 0 Å². The Morgan fingerprint density at radius 1 is 0.897 bits per heavy atom. The van der Waals surface area contributed by atoms with Crippen molar-refractivity contribution in [2.75, 3.05) is 6.61 Å². The van der Waals surface area contributed by atoms with E-state index in [-0.39, 0.29) is 16.5 Å². The summed E-state index contributed by atoms with van der Waals surface area (Å²) < 4.78 is 31.4. The molecule has 0 atom stereocenters. The first kappa shape index (κ1) is 22.1. The minimum absolute atomic E-state index is 0.00381. The number of carbonyl (C=O) groups excluding carboxylic acids is 3. The Morgan fingerprint density at radius 2 is 1.52 bits per heavy atom. The van der Waals surface area contributed by atoms with Crippen molar-refractivity contribution in [3.63, 3.8) is 0 Å². The van der Waals surface area contributed by atoms with E-state index < -0.39 is 34.4 Å². The van der Waals surface area contributed by atoms with Crippen LogP contribution in [-0.2, 0) is 19.6 Å². The third-order valence-electron chi connectivity index (χ3n) is 3.48. The molecule has 0 spiro atoms. The molecule has 2 aromatic carbocycles. The second-order valence-electron chi connectivity index (χ2n) is 6.24. The van der Waals surface area contributed by atoms with Gasteiger partial charge < -0.3 is 4.74 Å². The molecule has 0 saturated heterocycles. The Labute approximate surface area is 168 Å². The molecular formula is C19H21N3O6S. The molecule has 0 saturated carbocycles. The number of ether oxygens (including phenoxy) is 1. The number of amides is 2. The summed E-state index contributed by atoms with van der Waals surface area (Å²) in [6.07, 6.45) is 0. The van der Waals surface area contributed by atoms with Crippen molar-refractivity contribution in [3.8, 4) is 0 Å². The van der Waals surface area contributed by atoms with E-state index in [1.54, 1.807) is 44.2 Å². The van der Waals surface area contributed by atoms with Gasteiger partial charge in [-0.25, -0.2) is 17.9 Å². The van der Waals surface area contributed by atoms with Gasteiger partial charge in [0.15, 0.2) is 6.61 Å².